The molecule has 1 N–H and O–H groups in total. The molecule has 1 aromatic heterocycles. The van der Waals surface area contributed by atoms with Crippen LogP contribution in [0.3, 0.4) is 0 Å². The second kappa shape index (κ2) is 10.4. The van der Waals surface area contributed by atoms with E-state index in [1.54, 1.807) is 37.4 Å². The van der Waals surface area contributed by atoms with E-state index in [-0.39, 0.29) is 23.2 Å². The number of nitrogens with zero attached hydrogens (tertiary/aromatic N) is 2. The fourth-order valence-corrected chi connectivity index (χ4v) is 5.45. The molecular formula is C28H38N2O5. The van der Waals surface area contributed by atoms with Gasteiger partial charge in [0.15, 0.2) is 0 Å². The van der Waals surface area contributed by atoms with E-state index in [0.717, 1.165) is 5.56 Å². The van der Waals surface area contributed by atoms with Crippen molar-refractivity contribution in [2.45, 2.75) is 64.5 Å². The minimum Gasteiger partial charge on any atom is -0.496 e. The highest BCUT2D eigenvalue weighted by Gasteiger charge is 2.59. The number of amides is 1. The van der Waals surface area contributed by atoms with Crippen LogP contribution < -0.4 is 4.74 Å². The molecular weight excluding hydrogens is 444 g/mol. The van der Waals surface area contributed by atoms with Crippen LogP contribution in [0.4, 0.5) is 0 Å². The second-order valence-electron chi connectivity index (χ2n) is 10.9. The summed E-state index contributed by atoms with van der Waals surface area (Å²) < 4.78 is 11.1. The summed E-state index contributed by atoms with van der Waals surface area (Å²) in [5, 5.41) is 10.6. The third-order valence-corrected chi connectivity index (χ3v) is 6.78. The summed E-state index contributed by atoms with van der Waals surface area (Å²) in [5.41, 5.74) is 0.467. The number of aliphatic carboxylic acids is 1. The van der Waals surface area contributed by atoms with Gasteiger partial charge >= 0.3 is 5.97 Å². The van der Waals surface area contributed by atoms with Gasteiger partial charge in [-0.25, -0.2) is 4.79 Å². The molecule has 0 aliphatic carbocycles. The number of methoxy groups -OCH3 is 2. The van der Waals surface area contributed by atoms with Crippen molar-refractivity contribution in [2.24, 2.45) is 11.8 Å². The SMILES string of the molecule is COC[C@H]1C[C@@](CC(C)C)(C(=O)O)N(C(=O)c2ccc(C(C)(C)C)c(OC)c2)[C@H]1c1ccccn1. The average molecular weight is 483 g/mol. The molecule has 2 aromatic rings. The molecule has 1 saturated heterocycles. The Morgan fingerprint density at radius 1 is 1.20 bits per heavy atom. The zero-order valence-electron chi connectivity index (χ0n) is 21.9. The molecule has 1 fully saturated rings. The lowest BCUT2D eigenvalue weighted by atomic mass is 9.83. The smallest absolute Gasteiger partial charge is 0.329 e. The summed E-state index contributed by atoms with van der Waals surface area (Å²) in [6.07, 6.45) is 2.29. The van der Waals surface area contributed by atoms with Gasteiger partial charge in [-0.2, -0.15) is 0 Å². The zero-order chi connectivity index (χ0) is 26.0. The lowest BCUT2D eigenvalue weighted by Crippen LogP contribution is -2.54. The number of carboxylic acid groups (broad SMARTS) is 1. The van der Waals surface area contributed by atoms with Gasteiger partial charge in [0.25, 0.3) is 5.91 Å². The molecule has 3 rings (SSSR count). The third kappa shape index (κ3) is 5.20. The van der Waals surface area contributed by atoms with Crippen LogP contribution in [0.2, 0.25) is 0 Å². The lowest BCUT2D eigenvalue weighted by Gasteiger charge is -2.39. The molecule has 1 aliphatic rings. The van der Waals surface area contributed by atoms with Gasteiger partial charge < -0.3 is 19.5 Å². The number of rotatable bonds is 8. The van der Waals surface area contributed by atoms with E-state index >= 15 is 0 Å². The fraction of sp³-hybridized carbons (Fsp3) is 0.536. The Hall–Kier alpha value is -2.93. The highest BCUT2D eigenvalue weighted by molar-refractivity contribution is 5.99. The number of pyridine rings is 1. The first kappa shape index (κ1) is 26.7. The highest BCUT2D eigenvalue weighted by Crippen LogP contribution is 2.50. The van der Waals surface area contributed by atoms with Crippen LogP contribution in [0.1, 0.15) is 75.1 Å². The largest absolute Gasteiger partial charge is 0.496 e. The van der Waals surface area contributed by atoms with E-state index in [4.69, 9.17) is 9.47 Å². The van der Waals surface area contributed by atoms with Crippen molar-refractivity contribution in [3.05, 3.63) is 59.4 Å². The molecule has 2 heterocycles. The van der Waals surface area contributed by atoms with Crippen LogP contribution in [-0.2, 0) is 14.9 Å². The van der Waals surface area contributed by atoms with Crippen LogP contribution >= 0.6 is 0 Å². The van der Waals surface area contributed by atoms with E-state index in [0.29, 0.717) is 36.5 Å². The Labute approximate surface area is 208 Å². The molecule has 7 nitrogen and oxygen atoms in total. The number of ether oxygens (including phenoxy) is 2. The van der Waals surface area contributed by atoms with Gasteiger partial charge in [-0.1, -0.05) is 46.8 Å². The maximum Gasteiger partial charge on any atom is 0.329 e. The number of likely N-dealkylation sites (tertiary alicyclic amines) is 1. The van der Waals surface area contributed by atoms with Crippen molar-refractivity contribution in [2.75, 3.05) is 20.8 Å². The van der Waals surface area contributed by atoms with Gasteiger partial charge in [0.1, 0.15) is 11.3 Å². The minimum atomic E-state index is -1.38. The number of carbonyl (C=O) groups excluding carboxylic acids is 1. The van der Waals surface area contributed by atoms with Crippen LogP contribution in [0.15, 0.2) is 42.6 Å². The standard InChI is InChI=1S/C28H38N2O5/c1-18(2)15-28(26(32)33)16-20(17-34-6)24(22-10-8-9-13-29-22)30(28)25(31)19-11-12-21(27(3,4)5)23(14-19)35-7/h8-14,18,20,24H,15-17H2,1-7H3,(H,32,33)/t20-,24-,28+/m1/s1. The Kier molecular flexibility index (Phi) is 7.90. The van der Waals surface area contributed by atoms with Gasteiger partial charge in [-0.3, -0.25) is 9.78 Å². The molecule has 1 aromatic carbocycles. The molecule has 3 atom stereocenters. The number of aromatic nitrogens is 1. The van der Waals surface area contributed by atoms with Crippen LogP contribution in [0.25, 0.3) is 0 Å². The summed E-state index contributed by atoms with van der Waals surface area (Å²) in [7, 11) is 3.18. The Morgan fingerprint density at radius 2 is 1.91 bits per heavy atom. The van der Waals surface area contributed by atoms with Gasteiger partial charge in [0.2, 0.25) is 0 Å². The topological polar surface area (TPSA) is 89.0 Å². The van der Waals surface area contributed by atoms with Crippen molar-refractivity contribution in [3.63, 3.8) is 0 Å². The molecule has 1 amide bonds. The summed E-state index contributed by atoms with van der Waals surface area (Å²) in [4.78, 5) is 33.3. The summed E-state index contributed by atoms with van der Waals surface area (Å²) in [5.74, 6) is -0.900. The van der Waals surface area contributed by atoms with Crippen molar-refractivity contribution in [3.8, 4) is 5.75 Å². The molecule has 1 aliphatic heterocycles. The molecule has 0 bridgehead atoms. The predicted molar refractivity (Wildman–Crippen MR) is 135 cm³/mol. The van der Waals surface area contributed by atoms with Crippen LogP contribution in [0.5, 0.6) is 5.75 Å². The molecule has 7 heteroatoms. The number of carbonyl (C=O) groups is 2. The van der Waals surface area contributed by atoms with E-state index in [9.17, 15) is 14.7 Å². The van der Waals surface area contributed by atoms with Crippen LogP contribution in [0, 0.1) is 11.8 Å². The number of carboxylic acids is 1. The molecule has 0 saturated carbocycles. The number of hydrogen-bond donors (Lipinski definition) is 1. The molecule has 35 heavy (non-hydrogen) atoms. The quantitative estimate of drug-likeness (QED) is 0.563. The lowest BCUT2D eigenvalue weighted by molar-refractivity contribution is -0.150. The van der Waals surface area contributed by atoms with E-state index in [1.807, 2.05) is 38.1 Å². The zero-order valence-corrected chi connectivity index (χ0v) is 21.9. The molecule has 0 unspecified atom stereocenters. The maximum atomic E-state index is 14.2. The second-order valence-corrected chi connectivity index (χ2v) is 10.9. The van der Waals surface area contributed by atoms with Gasteiger partial charge in [0, 0.05) is 24.8 Å². The maximum absolute atomic E-state index is 14.2. The van der Waals surface area contributed by atoms with Gasteiger partial charge in [0.05, 0.1) is 25.5 Å². The molecule has 0 spiro atoms. The normalized spacial score (nSPS) is 22.5. The fourth-order valence-electron chi connectivity index (χ4n) is 5.45. The predicted octanol–water partition coefficient (Wildman–Crippen LogP) is 5.11. The van der Waals surface area contributed by atoms with E-state index < -0.39 is 17.6 Å². The Morgan fingerprint density at radius 3 is 2.43 bits per heavy atom. The van der Waals surface area contributed by atoms with Gasteiger partial charge in [-0.05, 0) is 54.0 Å². The first-order valence-corrected chi connectivity index (χ1v) is 12.1. The highest BCUT2D eigenvalue weighted by atomic mass is 16.5. The van der Waals surface area contributed by atoms with Crippen molar-refractivity contribution in [1.29, 1.82) is 0 Å². The van der Waals surface area contributed by atoms with Crippen molar-refractivity contribution >= 4 is 11.9 Å². The summed E-state index contributed by atoms with van der Waals surface area (Å²) in [6.45, 7) is 10.5. The van der Waals surface area contributed by atoms with Crippen molar-refractivity contribution in [1.82, 2.24) is 9.88 Å². The van der Waals surface area contributed by atoms with Crippen LogP contribution in [-0.4, -0.2) is 53.2 Å². The number of benzene rings is 1. The third-order valence-electron chi connectivity index (χ3n) is 6.78. The Balaban J connectivity index is 2.22. The first-order valence-electron chi connectivity index (χ1n) is 12.1. The minimum absolute atomic E-state index is 0.0601. The summed E-state index contributed by atoms with van der Waals surface area (Å²) in [6, 6.07) is 10.4. The van der Waals surface area contributed by atoms with Crippen molar-refractivity contribution < 1.29 is 24.2 Å². The monoisotopic (exact) mass is 482 g/mol. The Bertz CT molecular complexity index is 1050. The molecule has 0 radical (unpaired) electrons. The van der Waals surface area contributed by atoms with Gasteiger partial charge in [-0.15, -0.1) is 0 Å². The summed E-state index contributed by atoms with van der Waals surface area (Å²) >= 11 is 0. The molecule has 190 valence electrons. The van der Waals surface area contributed by atoms with E-state index in [2.05, 4.69) is 25.8 Å². The number of hydrogen-bond acceptors (Lipinski definition) is 5. The first-order chi connectivity index (χ1) is 16.5. The van der Waals surface area contributed by atoms with E-state index in [1.165, 1.54) is 0 Å². The average Bonchev–Trinajstić information content (AvgIpc) is 3.12.